The monoisotopic (exact) mass is 369 g/mol. The van der Waals surface area contributed by atoms with Crippen molar-refractivity contribution in [2.24, 2.45) is 0 Å². The van der Waals surface area contributed by atoms with Crippen molar-refractivity contribution in [3.05, 3.63) is 42.2 Å². The van der Waals surface area contributed by atoms with E-state index in [0.29, 0.717) is 22.8 Å². The maximum Gasteiger partial charge on any atom is 0.277 e. The molecule has 0 aliphatic rings. The van der Waals surface area contributed by atoms with E-state index in [-0.39, 0.29) is 10.7 Å². The van der Waals surface area contributed by atoms with Crippen LogP contribution in [0.25, 0.3) is 22.4 Å². The van der Waals surface area contributed by atoms with Crippen LogP contribution in [0.2, 0.25) is 0 Å². The maximum absolute atomic E-state index is 5.83. The highest BCUT2D eigenvalue weighted by molar-refractivity contribution is 7.99. The lowest BCUT2D eigenvalue weighted by Crippen LogP contribution is -2.13. The molecule has 1 unspecified atom stereocenters. The minimum absolute atomic E-state index is 0.0881. The average Bonchev–Trinajstić information content (AvgIpc) is 3.33. The Hall–Kier alpha value is -2.61. The number of aromatic nitrogens is 5. The molecule has 0 bridgehead atoms. The van der Waals surface area contributed by atoms with Gasteiger partial charge in [0.1, 0.15) is 0 Å². The lowest BCUT2D eigenvalue weighted by Gasteiger charge is -2.11. The Bertz CT molecular complexity index is 1040. The van der Waals surface area contributed by atoms with Crippen LogP contribution in [-0.4, -0.2) is 25.3 Å². The van der Waals surface area contributed by atoms with Crippen molar-refractivity contribution in [2.45, 2.75) is 43.6 Å². The van der Waals surface area contributed by atoms with E-state index in [0.717, 1.165) is 16.5 Å². The Morgan fingerprint density at radius 3 is 2.73 bits per heavy atom. The number of hydrogen-bond acceptors (Lipinski definition) is 7. The van der Waals surface area contributed by atoms with Crippen LogP contribution in [0.1, 0.15) is 44.7 Å². The van der Waals surface area contributed by atoms with Crippen LogP contribution in [0.3, 0.4) is 0 Å². The van der Waals surface area contributed by atoms with Gasteiger partial charge < -0.3 is 13.9 Å². The third-order valence-electron chi connectivity index (χ3n) is 3.96. The highest BCUT2D eigenvalue weighted by Gasteiger charge is 2.25. The third-order valence-corrected chi connectivity index (χ3v) is 4.89. The van der Waals surface area contributed by atoms with Gasteiger partial charge in [-0.25, -0.2) is 0 Å². The zero-order chi connectivity index (χ0) is 18.3. The molecule has 3 heterocycles. The molecule has 0 aliphatic heterocycles. The molecule has 1 atom stereocenters. The molecule has 0 saturated carbocycles. The van der Waals surface area contributed by atoms with E-state index in [1.54, 1.807) is 0 Å². The van der Waals surface area contributed by atoms with E-state index in [1.165, 1.54) is 11.8 Å². The molecule has 0 saturated heterocycles. The zero-order valence-corrected chi connectivity index (χ0v) is 15.8. The molecule has 4 rings (SSSR count). The van der Waals surface area contributed by atoms with Crippen LogP contribution in [0.4, 0.5) is 0 Å². The Labute approximate surface area is 154 Å². The standard InChI is InChI=1S/C18H19N5O2S/c1-10(14-20-16(23-25-14)18(2,3)4)26-17-22-21-15(24-17)12-9-19-13-8-6-5-7-11(12)13/h5-10,19H,1-4H3. The largest absolute Gasteiger partial charge is 0.411 e. The molecule has 1 aromatic carbocycles. The van der Waals surface area contributed by atoms with Gasteiger partial charge in [-0.3, -0.25) is 0 Å². The molecule has 3 aromatic heterocycles. The van der Waals surface area contributed by atoms with Crippen LogP contribution in [0.15, 0.2) is 44.6 Å². The first-order chi connectivity index (χ1) is 12.4. The molecule has 1 N–H and O–H groups in total. The summed E-state index contributed by atoms with van der Waals surface area (Å²) in [6.07, 6.45) is 1.88. The number of aromatic amines is 1. The number of fused-ring (bicyclic) bond motifs is 1. The van der Waals surface area contributed by atoms with Gasteiger partial charge in [0, 0.05) is 22.5 Å². The van der Waals surface area contributed by atoms with E-state index >= 15 is 0 Å². The van der Waals surface area contributed by atoms with Gasteiger partial charge in [0.2, 0.25) is 5.89 Å². The van der Waals surface area contributed by atoms with E-state index in [4.69, 9.17) is 8.94 Å². The Morgan fingerprint density at radius 2 is 1.96 bits per heavy atom. The summed E-state index contributed by atoms with van der Waals surface area (Å²) >= 11 is 1.40. The molecule has 7 nitrogen and oxygen atoms in total. The molecule has 0 aliphatic carbocycles. The molecule has 26 heavy (non-hydrogen) atoms. The minimum Gasteiger partial charge on any atom is -0.411 e. The molecular formula is C18H19N5O2S. The van der Waals surface area contributed by atoms with Crippen molar-refractivity contribution in [1.82, 2.24) is 25.3 Å². The second-order valence-corrected chi connectivity index (χ2v) is 8.38. The Morgan fingerprint density at radius 1 is 1.15 bits per heavy atom. The normalized spacial score (nSPS) is 13.4. The molecule has 4 aromatic rings. The Balaban J connectivity index is 1.54. The molecule has 0 radical (unpaired) electrons. The van der Waals surface area contributed by atoms with E-state index in [2.05, 4.69) is 25.3 Å². The number of H-pyrrole nitrogens is 1. The summed E-state index contributed by atoms with van der Waals surface area (Å²) in [5.74, 6) is 1.72. The van der Waals surface area contributed by atoms with Crippen molar-refractivity contribution >= 4 is 22.7 Å². The number of hydrogen-bond donors (Lipinski definition) is 1. The molecule has 134 valence electrons. The topological polar surface area (TPSA) is 93.6 Å². The van der Waals surface area contributed by atoms with Gasteiger partial charge in [-0.2, -0.15) is 4.98 Å². The first-order valence-corrected chi connectivity index (χ1v) is 9.20. The summed E-state index contributed by atoms with van der Waals surface area (Å²) in [5, 5.41) is 13.8. The highest BCUT2D eigenvalue weighted by Crippen LogP contribution is 2.36. The number of para-hydroxylation sites is 1. The smallest absolute Gasteiger partial charge is 0.277 e. The van der Waals surface area contributed by atoms with Crippen LogP contribution in [0.5, 0.6) is 0 Å². The van der Waals surface area contributed by atoms with Gasteiger partial charge in [-0.05, 0) is 13.0 Å². The van der Waals surface area contributed by atoms with Gasteiger partial charge in [-0.1, -0.05) is 55.9 Å². The summed E-state index contributed by atoms with van der Waals surface area (Å²) in [6.45, 7) is 8.11. The van der Waals surface area contributed by atoms with Gasteiger partial charge >= 0.3 is 0 Å². The van der Waals surface area contributed by atoms with Crippen LogP contribution in [0, 0.1) is 0 Å². The predicted molar refractivity (Wildman–Crippen MR) is 98.9 cm³/mol. The first kappa shape index (κ1) is 16.8. The van der Waals surface area contributed by atoms with E-state index in [9.17, 15) is 0 Å². The SMILES string of the molecule is CC(Sc1nnc(-c2c[nH]c3ccccc23)o1)c1nc(C(C)(C)C)no1. The van der Waals surface area contributed by atoms with Crippen molar-refractivity contribution in [3.8, 4) is 11.5 Å². The van der Waals surface area contributed by atoms with Gasteiger partial charge in [-0.15, -0.1) is 10.2 Å². The fraction of sp³-hybridized carbons (Fsp3) is 0.333. The molecule has 0 amide bonds. The molecule has 0 fully saturated rings. The summed E-state index contributed by atoms with van der Waals surface area (Å²) in [4.78, 5) is 7.69. The predicted octanol–water partition coefficient (Wildman–Crippen LogP) is 4.75. The van der Waals surface area contributed by atoms with Crippen molar-refractivity contribution in [2.75, 3.05) is 0 Å². The second-order valence-electron chi connectivity index (χ2n) is 7.09. The van der Waals surface area contributed by atoms with Crippen molar-refractivity contribution in [1.29, 1.82) is 0 Å². The highest BCUT2D eigenvalue weighted by atomic mass is 32.2. The quantitative estimate of drug-likeness (QED) is 0.519. The lowest BCUT2D eigenvalue weighted by atomic mass is 9.96. The molecule has 0 spiro atoms. The van der Waals surface area contributed by atoms with Crippen LogP contribution < -0.4 is 0 Å². The fourth-order valence-corrected chi connectivity index (χ4v) is 3.24. The number of nitrogens with one attached hydrogen (secondary N) is 1. The van der Waals surface area contributed by atoms with Gasteiger partial charge in [0.15, 0.2) is 5.82 Å². The molecular weight excluding hydrogens is 350 g/mol. The number of thioether (sulfide) groups is 1. The summed E-state index contributed by atoms with van der Waals surface area (Å²) in [6, 6.07) is 7.99. The lowest BCUT2D eigenvalue weighted by molar-refractivity contribution is 0.363. The zero-order valence-electron chi connectivity index (χ0n) is 15.0. The van der Waals surface area contributed by atoms with Crippen LogP contribution in [-0.2, 0) is 5.41 Å². The average molecular weight is 369 g/mol. The number of benzene rings is 1. The van der Waals surface area contributed by atoms with E-state index < -0.39 is 0 Å². The second kappa shape index (κ2) is 6.28. The minimum atomic E-state index is -0.154. The van der Waals surface area contributed by atoms with E-state index in [1.807, 2.05) is 58.2 Å². The number of rotatable bonds is 4. The van der Waals surface area contributed by atoms with Crippen LogP contribution >= 0.6 is 11.8 Å². The Kier molecular flexibility index (Phi) is 4.07. The summed E-state index contributed by atoms with van der Waals surface area (Å²) in [7, 11) is 0. The molecule has 8 heteroatoms. The van der Waals surface area contributed by atoms with Crippen molar-refractivity contribution in [3.63, 3.8) is 0 Å². The van der Waals surface area contributed by atoms with Gasteiger partial charge in [0.05, 0.1) is 10.8 Å². The summed E-state index contributed by atoms with van der Waals surface area (Å²) < 4.78 is 11.2. The summed E-state index contributed by atoms with van der Waals surface area (Å²) in [5.41, 5.74) is 1.77. The maximum atomic E-state index is 5.83. The number of nitrogens with zero attached hydrogens (tertiary/aromatic N) is 4. The third kappa shape index (κ3) is 3.12. The van der Waals surface area contributed by atoms with Crippen molar-refractivity contribution < 1.29 is 8.94 Å². The first-order valence-electron chi connectivity index (χ1n) is 8.32. The fourth-order valence-electron chi connectivity index (χ4n) is 2.52. The van der Waals surface area contributed by atoms with Gasteiger partial charge in [0.25, 0.3) is 11.1 Å².